The Bertz CT molecular complexity index is 669. The molecule has 0 amide bonds. The summed E-state index contributed by atoms with van der Waals surface area (Å²) >= 11 is 6.16. The van der Waals surface area contributed by atoms with Gasteiger partial charge < -0.3 is 4.90 Å². The number of piperazine rings is 1. The fourth-order valence-electron chi connectivity index (χ4n) is 4.10. The van der Waals surface area contributed by atoms with Gasteiger partial charge in [0.05, 0.1) is 6.20 Å². The third-order valence-electron chi connectivity index (χ3n) is 5.56. The number of rotatable bonds is 2. The SMILES string of the molecule is CN1CCN([C@H]2CC[C@@H](c3ncc4c(Cl)nccn43)CC2)CC1. The predicted octanol–water partition coefficient (Wildman–Crippen LogP) is 2.66. The molecule has 0 atom stereocenters. The van der Waals surface area contributed by atoms with Crippen LogP contribution in [0.1, 0.15) is 37.4 Å². The van der Waals surface area contributed by atoms with E-state index in [0.29, 0.717) is 11.1 Å². The molecule has 6 heteroatoms. The van der Waals surface area contributed by atoms with Crippen molar-refractivity contribution in [3.05, 3.63) is 29.6 Å². The summed E-state index contributed by atoms with van der Waals surface area (Å²) in [4.78, 5) is 13.9. The van der Waals surface area contributed by atoms with Crippen molar-refractivity contribution in [3.63, 3.8) is 0 Å². The Morgan fingerprint density at radius 1 is 1.04 bits per heavy atom. The molecule has 124 valence electrons. The molecule has 0 N–H and O–H groups in total. The van der Waals surface area contributed by atoms with Crippen molar-refractivity contribution >= 4 is 17.1 Å². The molecule has 0 aromatic carbocycles. The number of hydrogen-bond acceptors (Lipinski definition) is 4. The van der Waals surface area contributed by atoms with Crippen LogP contribution < -0.4 is 0 Å². The fraction of sp³-hybridized carbons (Fsp3) is 0.647. The van der Waals surface area contributed by atoms with E-state index in [1.54, 1.807) is 6.20 Å². The Labute approximate surface area is 142 Å². The van der Waals surface area contributed by atoms with Gasteiger partial charge in [0.2, 0.25) is 0 Å². The van der Waals surface area contributed by atoms with Crippen LogP contribution in [0.2, 0.25) is 5.15 Å². The lowest BCUT2D eigenvalue weighted by Crippen LogP contribution is -2.49. The first kappa shape index (κ1) is 15.4. The molecule has 1 saturated heterocycles. The first-order valence-corrected chi connectivity index (χ1v) is 9.00. The van der Waals surface area contributed by atoms with E-state index in [0.717, 1.165) is 17.4 Å². The number of likely N-dealkylation sites (N-methyl/N-ethyl adjacent to an activating group) is 1. The van der Waals surface area contributed by atoms with E-state index in [-0.39, 0.29) is 0 Å². The van der Waals surface area contributed by atoms with Gasteiger partial charge in [0, 0.05) is 50.5 Å². The Balaban J connectivity index is 1.44. The molecule has 0 unspecified atom stereocenters. The van der Waals surface area contributed by atoms with Crippen LogP contribution in [0.15, 0.2) is 18.6 Å². The highest BCUT2D eigenvalue weighted by molar-refractivity contribution is 6.32. The van der Waals surface area contributed by atoms with Crippen molar-refractivity contribution in [2.45, 2.75) is 37.6 Å². The van der Waals surface area contributed by atoms with Crippen molar-refractivity contribution in [2.75, 3.05) is 33.2 Å². The topological polar surface area (TPSA) is 36.7 Å². The first-order chi connectivity index (χ1) is 11.2. The molecule has 0 bridgehead atoms. The number of hydrogen-bond donors (Lipinski definition) is 0. The average Bonchev–Trinajstić information content (AvgIpc) is 3.01. The second-order valence-electron chi connectivity index (χ2n) is 6.93. The summed E-state index contributed by atoms with van der Waals surface area (Å²) in [7, 11) is 2.22. The number of imidazole rings is 1. The second kappa shape index (κ2) is 6.38. The van der Waals surface area contributed by atoms with Crippen LogP contribution in [0, 0.1) is 0 Å². The van der Waals surface area contributed by atoms with Crippen LogP contribution in [0.4, 0.5) is 0 Å². The third-order valence-corrected chi connectivity index (χ3v) is 5.85. The van der Waals surface area contributed by atoms with Gasteiger partial charge in [-0.1, -0.05) is 11.6 Å². The Morgan fingerprint density at radius 3 is 2.52 bits per heavy atom. The number of halogens is 1. The quantitative estimate of drug-likeness (QED) is 0.846. The number of fused-ring (bicyclic) bond motifs is 1. The van der Waals surface area contributed by atoms with E-state index < -0.39 is 0 Å². The summed E-state index contributed by atoms with van der Waals surface area (Å²) in [5.74, 6) is 1.70. The van der Waals surface area contributed by atoms with Crippen molar-refractivity contribution < 1.29 is 0 Å². The molecule has 2 fully saturated rings. The summed E-state index contributed by atoms with van der Waals surface area (Å²) in [6.07, 6.45) is 10.6. The molecule has 3 heterocycles. The number of nitrogens with zero attached hydrogens (tertiary/aromatic N) is 5. The van der Waals surface area contributed by atoms with Crippen LogP contribution in [-0.4, -0.2) is 63.4 Å². The van der Waals surface area contributed by atoms with Crippen LogP contribution in [-0.2, 0) is 0 Å². The summed E-state index contributed by atoms with van der Waals surface area (Å²) in [6, 6.07) is 0.761. The molecule has 0 radical (unpaired) electrons. The van der Waals surface area contributed by atoms with E-state index in [2.05, 4.69) is 31.2 Å². The van der Waals surface area contributed by atoms with Gasteiger partial charge in [-0.15, -0.1) is 0 Å². The smallest absolute Gasteiger partial charge is 0.154 e. The minimum Gasteiger partial charge on any atom is -0.304 e. The van der Waals surface area contributed by atoms with Gasteiger partial charge in [0.25, 0.3) is 0 Å². The van der Waals surface area contributed by atoms with E-state index in [9.17, 15) is 0 Å². The van der Waals surface area contributed by atoms with Crippen LogP contribution in [0.3, 0.4) is 0 Å². The molecule has 23 heavy (non-hydrogen) atoms. The molecule has 0 spiro atoms. The Morgan fingerprint density at radius 2 is 1.78 bits per heavy atom. The lowest BCUT2D eigenvalue weighted by molar-refractivity contribution is 0.0872. The molecule has 2 aromatic heterocycles. The standard InChI is InChI=1S/C17H24ClN5/c1-21-8-10-22(11-9-21)14-4-2-13(3-5-14)17-20-12-15-16(18)19-6-7-23(15)17/h6-7,12-14H,2-5,8-11H2,1H3/t13-,14+. The summed E-state index contributed by atoms with van der Waals surface area (Å²) in [6.45, 7) is 4.85. The molecular formula is C17H24ClN5. The molecule has 2 aromatic rings. The minimum absolute atomic E-state index is 0.539. The van der Waals surface area contributed by atoms with Gasteiger partial charge in [0.15, 0.2) is 5.15 Å². The third kappa shape index (κ3) is 2.97. The van der Waals surface area contributed by atoms with E-state index in [1.807, 2.05) is 12.4 Å². The van der Waals surface area contributed by atoms with Gasteiger partial charge in [-0.2, -0.15) is 0 Å². The van der Waals surface area contributed by atoms with Gasteiger partial charge in [-0.05, 0) is 32.7 Å². The lowest BCUT2D eigenvalue weighted by atomic mass is 9.84. The zero-order valence-corrected chi connectivity index (χ0v) is 14.4. The number of aromatic nitrogens is 3. The van der Waals surface area contributed by atoms with Crippen LogP contribution in [0.25, 0.3) is 5.52 Å². The largest absolute Gasteiger partial charge is 0.304 e. The maximum atomic E-state index is 6.16. The van der Waals surface area contributed by atoms with Crippen molar-refractivity contribution in [2.24, 2.45) is 0 Å². The minimum atomic E-state index is 0.539. The first-order valence-electron chi connectivity index (χ1n) is 8.62. The van der Waals surface area contributed by atoms with Gasteiger partial charge in [-0.25, -0.2) is 9.97 Å². The Hall–Kier alpha value is -1.17. The predicted molar refractivity (Wildman–Crippen MR) is 92.1 cm³/mol. The zero-order chi connectivity index (χ0) is 15.8. The molecule has 5 nitrogen and oxygen atoms in total. The monoisotopic (exact) mass is 333 g/mol. The van der Waals surface area contributed by atoms with Crippen molar-refractivity contribution in [1.82, 2.24) is 24.2 Å². The molecule has 1 aliphatic heterocycles. The van der Waals surface area contributed by atoms with Gasteiger partial charge in [0.1, 0.15) is 11.3 Å². The van der Waals surface area contributed by atoms with E-state index in [1.165, 1.54) is 51.9 Å². The van der Waals surface area contributed by atoms with Crippen molar-refractivity contribution in [1.29, 1.82) is 0 Å². The zero-order valence-electron chi connectivity index (χ0n) is 13.7. The van der Waals surface area contributed by atoms with Crippen LogP contribution >= 0.6 is 11.6 Å². The molecule has 4 rings (SSSR count). The highest BCUT2D eigenvalue weighted by Crippen LogP contribution is 2.35. The van der Waals surface area contributed by atoms with Gasteiger partial charge >= 0.3 is 0 Å². The van der Waals surface area contributed by atoms with E-state index in [4.69, 9.17) is 11.6 Å². The normalized spacial score (nSPS) is 27.6. The van der Waals surface area contributed by atoms with Crippen molar-refractivity contribution in [3.8, 4) is 0 Å². The summed E-state index contributed by atoms with van der Waals surface area (Å²) in [5, 5.41) is 0.539. The van der Waals surface area contributed by atoms with E-state index >= 15 is 0 Å². The second-order valence-corrected chi connectivity index (χ2v) is 7.29. The average molecular weight is 334 g/mol. The highest BCUT2D eigenvalue weighted by atomic mass is 35.5. The van der Waals surface area contributed by atoms with Crippen LogP contribution in [0.5, 0.6) is 0 Å². The fourth-order valence-corrected chi connectivity index (χ4v) is 4.30. The molecule has 1 saturated carbocycles. The molecule has 1 aliphatic carbocycles. The summed E-state index contributed by atoms with van der Waals surface area (Å²) < 4.78 is 2.12. The molecule has 2 aliphatic rings. The van der Waals surface area contributed by atoms with Gasteiger partial charge in [-0.3, -0.25) is 9.30 Å². The molecular weight excluding hydrogens is 310 g/mol. The maximum absolute atomic E-state index is 6.16. The Kier molecular flexibility index (Phi) is 4.26. The summed E-state index contributed by atoms with van der Waals surface area (Å²) in [5.41, 5.74) is 0.922. The maximum Gasteiger partial charge on any atom is 0.154 e. The lowest BCUT2D eigenvalue weighted by Gasteiger charge is -2.41. The highest BCUT2D eigenvalue weighted by Gasteiger charge is 2.29.